The van der Waals surface area contributed by atoms with Gasteiger partial charge in [0.05, 0.1) is 0 Å². The molecule has 0 aromatic carbocycles. The normalized spacial score (nSPS) is 13.2. The van der Waals surface area contributed by atoms with Gasteiger partial charge in [-0.25, -0.2) is 0 Å². The average Bonchev–Trinajstić information content (AvgIpc) is 3.40. The van der Waals surface area contributed by atoms with E-state index >= 15 is 0 Å². The number of allylic oxidation sites excluding steroid dienone is 24. The van der Waals surface area contributed by atoms with Crippen LogP contribution in [0.3, 0.4) is 0 Å². The van der Waals surface area contributed by atoms with E-state index in [2.05, 4.69) is 167 Å². The van der Waals surface area contributed by atoms with E-state index in [0.29, 0.717) is 19.3 Å². The molecule has 0 bridgehead atoms. The molecule has 0 saturated carbocycles. The van der Waals surface area contributed by atoms with Gasteiger partial charge in [-0.1, -0.05) is 231 Å². The SMILES string of the molecule is CC/C=C\C/C=C\C/C=C\C/C=C\C/C=C\C/C=C\CCCCCCC(=O)OCC(COC(=O)CCCCCCC/C=C\CCCCC)OC(=O)CCCCCCC/C=C\C/C=C\C/C=C\C/C=C\C/C=C\CC. The molecule has 0 aromatic heterocycles. The fourth-order valence-electron chi connectivity index (χ4n) is 7.64. The predicted octanol–water partition coefficient (Wildman–Crippen LogP) is 20.4. The second-order valence-electron chi connectivity index (χ2n) is 19.1. The molecule has 0 fully saturated rings. The zero-order chi connectivity index (χ0) is 53.6. The monoisotopic (exact) mass is 1020 g/mol. The summed E-state index contributed by atoms with van der Waals surface area (Å²) in [5.41, 5.74) is 0. The quantitative estimate of drug-likeness (QED) is 0.0261. The first kappa shape index (κ1) is 69.3. The predicted molar refractivity (Wildman–Crippen MR) is 320 cm³/mol. The molecule has 0 radical (unpaired) electrons. The van der Waals surface area contributed by atoms with E-state index in [1.807, 2.05) is 0 Å². The number of carbonyl (C=O) groups is 3. The molecular weight excluding hydrogens is 913 g/mol. The molecule has 1 unspecified atom stereocenters. The van der Waals surface area contributed by atoms with Crippen molar-refractivity contribution in [2.45, 2.75) is 252 Å². The molecular formula is C68H108O6. The maximum atomic E-state index is 12.9. The summed E-state index contributed by atoms with van der Waals surface area (Å²) in [6.45, 7) is 6.33. The molecule has 0 heterocycles. The maximum Gasteiger partial charge on any atom is 0.306 e. The molecule has 0 rings (SSSR count). The van der Waals surface area contributed by atoms with Gasteiger partial charge in [-0.3, -0.25) is 14.4 Å². The molecule has 1 atom stereocenters. The van der Waals surface area contributed by atoms with Crippen LogP contribution in [0.4, 0.5) is 0 Å². The minimum atomic E-state index is -0.810. The van der Waals surface area contributed by atoms with Crippen LogP contribution in [0, 0.1) is 0 Å². The standard InChI is InChI=1S/C68H108O6/c1-4-7-10-13-16-19-22-25-27-29-31-33-34-36-37-39-41-43-46-49-52-55-58-61-67(70)73-64-65(63-72-66(69)60-57-54-51-48-45-24-21-18-15-12-9-6-3)74-68(71)62-59-56-53-50-47-44-42-40-38-35-32-30-28-26-23-20-17-14-11-8-5-2/h7-8,10-11,16-21,25-28,31-33,35-37,40-43,65H,4-6,9,12-15,22-24,29-30,34,38-39,44-64H2,1-3H3/b10-7-,11-8-,19-16-,20-17-,21-18-,27-25-,28-26-,33-31-,35-32-,37-36-,42-40-,43-41-. The lowest BCUT2D eigenvalue weighted by Crippen LogP contribution is -2.30. The van der Waals surface area contributed by atoms with Crippen LogP contribution >= 0.6 is 0 Å². The molecule has 0 amide bonds. The van der Waals surface area contributed by atoms with Crippen molar-refractivity contribution >= 4 is 17.9 Å². The first-order valence-electron chi connectivity index (χ1n) is 29.8. The van der Waals surface area contributed by atoms with Crippen LogP contribution in [0.2, 0.25) is 0 Å². The Labute approximate surface area is 455 Å². The first-order valence-corrected chi connectivity index (χ1v) is 29.8. The van der Waals surface area contributed by atoms with Crippen molar-refractivity contribution in [1.82, 2.24) is 0 Å². The summed E-state index contributed by atoms with van der Waals surface area (Å²) >= 11 is 0. The zero-order valence-corrected chi connectivity index (χ0v) is 47.5. The molecule has 6 nitrogen and oxygen atoms in total. The zero-order valence-electron chi connectivity index (χ0n) is 47.5. The van der Waals surface area contributed by atoms with Crippen LogP contribution in [0.5, 0.6) is 0 Å². The molecule has 0 aliphatic rings. The Hall–Kier alpha value is -4.71. The van der Waals surface area contributed by atoms with Gasteiger partial charge in [-0.15, -0.1) is 0 Å². The third-order valence-electron chi connectivity index (χ3n) is 12.1. The van der Waals surface area contributed by atoms with E-state index in [1.165, 1.54) is 32.1 Å². The van der Waals surface area contributed by atoms with E-state index in [1.54, 1.807) is 0 Å². The van der Waals surface area contributed by atoms with E-state index in [0.717, 1.165) is 173 Å². The van der Waals surface area contributed by atoms with Gasteiger partial charge in [0.25, 0.3) is 0 Å². The van der Waals surface area contributed by atoms with Gasteiger partial charge >= 0.3 is 17.9 Å². The first-order chi connectivity index (χ1) is 36.5. The minimum Gasteiger partial charge on any atom is -0.462 e. The number of unbranched alkanes of at least 4 members (excludes halogenated alkanes) is 17. The van der Waals surface area contributed by atoms with Crippen molar-refractivity contribution in [1.29, 1.82) is 0 Å². The lowest BCUT2D eigenvalue weighted by molar-refractivity contribution is -0.167. The lowest BCUT2D eigenvalue weighted by Gasteiger charge is -2.18. The molecule has 0 aromatic rings. The summed E-state index contributed by atoms with van der Waals surface area (Å²) in [5, 5.41) is 0. The van der Waals surface area contributed by atoms with Gasteiger partial charge in [-0.2, -0.15) is 0 Å². The van der Waals surface area contributed by atoms with E-state index in [9.17, 15) is 14.4 Å². The highest BCUT2D eigenvalue weighted by Gasteiger charge is 2.19. The maximum absolute atomic E-state index is 12.9. The summed E-state index contributed by atoms with van der Waals surface area (Å²) in [6, 6.07) is 0. The van der Waals surface area contributed by atoms with Gasteiger partial charge in [0.1, 0.15) is 13.2 Å². The van der Waals surface area contributed by atoms with Crippen molar-refractivity contribution in [2.75, 3.05) is 13.2 Å². The van der Waals surface area contributed by atoms with E-state index < -0.39 is 6.10 Å². The summed E-state index contributed by atoms with van der Waals surface area (Å²) in [7, 11) is 0. The van der Waals surface area contributed by atoms with Crippen LogP contribution < -0.4 is 0 Å². The topological polar surface area (TPSA) is 78.9 Å². The number of ether oxygens (including phenoxy) is 3. The van der Waals surface area contributed by atoms with E-state index in [-0.39, 0.29) is 31.1 Å². The van der Waals surface area contributed by atoms with E-state index in [4.69, 9.17) is 14.2 Å². The molecule has 74 heavy (non-hydrogen) atoms. The van der Waals surface area contributed by atoms with Crippen molar-refractivity contribution in [3.63, 3.8) is 0 Å². The molecule has 6 heteroatoms. The Morgan fingerprint density at radius 2 is 0.527 bits per heavy atom. The van der Waals surface area contributed by atoms with Gasteiger partial charge in [-0.05, 0) is 141 Å². The van der Waals surface area contributed by atoms with Gasteiger partial charge in [0.2, 0.25) is 0 Å². The Balaban J connectivity index is 4.47. The average molecular weight is 1020 g/mol. The smallest absolute Gasteiger partial charge is 0.306 e. The van der Waals surface area contributed by atoms with Gasteiger partial charge in [0.15, 0.2) is 6.10 Å². The number of esters is 3. The number of rotatable bonds is 52. The van der Waals surface area contributed by atoms with Crippen LogP contribution in [-0.2, 0) is 28.6 Å². The molecule has 416 valence electrons. The Kier molecular flexibility index (Phi) is 57.0. The lowest BCUT2D eigenvalue weighted by atomic mass is 10.1. The largest absolute Gasteiger partial charge is 0.462 e. The Morgan fingerprint density at radius 3 is 0.838 bits per heavy atom. The van der Waals surface area contributed by atoms with Gasteiger partial charge in [0, 0.05) is 19.3 Å². The van der Waals surface area contributed by atoms with Crippen molar-refractivity contribution in [2.24, 2.45) is 0 Å². The van der Waals surface area contributed by atoms with Crippen LogP contribution in [0.25, 0.3) is 0 Å². The second kappa shape index (κ2) is 60.8. The second-order valence-corrected chi connectivity index (χ2v) is 19.1. The molecule has 0 spiro atoms. The third-order valence-corrected chi connectivity index (χ3v) is 12.1. The Bertz CT molecular complexity index is 1640. The van der Waals surface area contributed by atoms with Crippen LogP contribution in [0.1, 0.15) is 245 Å². The highest BCUT2D eigenvalue weighted by Crippen LogP contribution is 2.13. The summed E-state index contributed by atoms with van der Waals surface area (Å²) in [4.78, 5) is 38.2. The number of carbonyl (C=O) groups excluding carboxylic acids is 3. The number of hydrogen-bond acceptors (Lipinski definition) is 6. The van der Waals surface area contributed by atoms with Crippen LogP contribution in [0.15, 0.2) is 146 Å². The molecule has 0 N–H and O–H groups in total. The minimum absolute atomic E-state index is 0.104. The summed E-state index contributed by atoms with van der Waals surface area (Å²) < 4.78 is 16.8. The highest BCUT2D eigenvalue weighted by molar-refractivity contribution is 5.71. The Morgan fingerprint density at radius 1 is 0.284 bits per heavy atom. The van der Waals surface area contributed by atoms with Crippen molar-refractivity contribution < 1.29 is 28.6 Å². The number of hydrogen-bond donors (Lipinski definition) is 0. The third kappa shape index (κ3) is 58.2. The highest BCUT2D eigenvalue weighted by atomic mass is 16.6. The molecule has 0 saturated heterocycles. The fourth-order valence-corrected chi connectivity index (χ4v) is 7.64. The summed E-state index contributed by atoms with van der Waals surface area (Å²) in [6.07, 6.45) is 86.9. The molecule has 0 aliphatic heterocycles. The van der Waals surface area contributed by atoms with Crippen molar-refractivity contribution in [3.8, 4) is 0 Å². The summed E-state index contributed by atoms with van der Waals surface area (Å²) in [5.74, 6) is -0.963. The fraction of sp³-hybridized carbons (Fsp3) is 0.603. The van der Waals surface area contributed by atoms with Crippen LogP contribution in [-0.4, -0.2) is 37.2 Å². The molecule has 0 aliphatic carbocycles. The van der Waals surface area contributed by atoms with Crippen molar-refractivity contribution in [3.05, 3.63) is 146 Å². The van der Waals surface area contributed by atoms with Gasteiger partial charge < -0.3 is 14.2 Å².